The van der Waals surface area contributed by atoms with Gasteiger partial charge in [-0.1, -0.05) is 70.8 Å². The van der Waals surface area contributed by atoms with Gasteiger partial charge in [-0.15, -0.1) is 0 Å². The molecule has 0 bridgehead atoms. The molecular formula is C27H42F2. The Labute approximate surface area is 177 Å². The summed E-state index contributed by atoms with van der Waals surface area (Å²) in [5, 5.41) is 0. The molecule has 0 N–H and O–H groups in total. The second-order valence-corrected chi connectivity index (χ2v) is 10.2. The van der Waals surface area contributed by atoms with Crippen LogP contribution in [-0.2, 0) is 0 Å². The summed E-state index contributed by atoms with van der Waals surface area (Å²) < 4.78 is 26.7. The predicted octanol–water partition coefficient (Wildman–Crippen LogP) is 9.33. The van der Waals surface area contributed by atoms with Crippen molar-refractivity contribution >= 4 is 0 Å². The lowest BCUT2D eigenvalue weighted by atomic mass is 9.68. The highest BCUT2D eigenvalue weighted by molar-refractivity contribution is 5.22. The summed E-state index contributed by atoms with van der Waals surface area (Å²) in [6.07, 6.45) is 23.4. The summed E-state index contributed by atoms with van der Waals surface area (Å²) in [7, 11) is 0. The molecule has 2 aliphatic rings. The molecule has 2 saturated carbocycles. The van der Waals surface area contributed by atoms with E-state index in [1.54, 1.807) is 6.07 Å². The lowest BCUT2D eigenvalue weighted by molar-refractivity contribution is 0.145. The lowest BCUT2D eigenvalue weighted by Gasteiger charge is -2.38. The molecule has 0 aromatic heterocycles. The molecule has 0 amide bonds. The van der Waals surface area contributed by atoms with Crippen molar-refractivity contribution in [2.24, 2.45) is 11.3 Å². The van der Waals surface area contributed by atoms with Crippen molar-refractivity contribution < 1.29 is 8.78 Å². The van der Waals surface area contributed by atoms with Gasteiger partial charge >= 0.3 is 0 Å². The molecule has 2 aliphatic carbocycles. The van der Waals surface area contributed by atoms with Crippen LogP contribution in [0, 0.1) is 23.0 Å². The van der Waals surface area contributed by atoms with Crippen LogP contribution in [0.15, 0.2) is 18.2 Å². The molecule has 0 spiro atoms. The van der Waals surface area contributed by atoms with E-state index in [-0.39, 0.29) is 0 Å². The summed E-state index contributed by atoms with van der Waals surface area (Å²) >= 11 is 0. The molecule has 0 radical (unpaired) electrons. The molecular weight excluding hydrogens is 362 g/mol. The Morgan fingerprint density at radius 3 is 2.17 bits per heavy atom. The maximum Gasteiger partial charge on any atom is 0.159 e. The number of hydrogen-bond acceptors (Lipinski definition) is 0. The molecule has 0 atom stereocenters. The average Bonchev–Trinajstić information content (AvgIpc) is 2.75. The second kappa shape index (κ2) is 11.5. The molecule has 2 fully saturated rings. The predicted molar refractivity (Wildman–Crippen MR) is 119 cm³/mol. The van der Waals surface area contributed by atoms with Gasteiger partial charge in [0.15, 0.2) is 11.6 Å². The Bertz CT molecular complexity index is 595. The zero-order valence-electron chi connectivity index (χ0n) is 18.7. The van der Waals surface area contributed by atoms with Crippen molar-refractivity contribution in [1.82, 2.24) is 0 Å². The minimum Gasteiger partial charge on any atom is -0.204 e. The van der Waals surface area contributed by atoms with Crippen LogP contribution >= 0.6 is 0 Å². The first-order valence-corrected chi connectivity index (χ1v) is 12.6. The Balaban J connectivity index is 1.37. The quantitative estimate of drug-likeness (QED) is 0.341. The van der Waals surface area contributed by atoms with Crippen molar-refractivity contribution in [2.45, 2.75) is 122 Å². The zero-order chi connectivity index (χ0) is 20.5. The summed E-state index contributed by atoms with van der Waals surface area (Å²) in [6.45, 7) is 2.31. The van der Waals surface area contributed by atoms with Crippen molar-refractivity contribution in [3.05, 3.63) is 35.4 Å². The average molecular weight is 405 g/mol. The van der Waals surface area contributed by atoms with E-state index in [0.29, 0.717) is 11.3 Å². The second-order valence-electron chi connectivity index (χ2n) is 10.2. The molecule has 3 rings (SSSR count). The van der Waals surface area contributed by atoms with Crippen molar-refractivity contribution in [3.63, 3.8) is 0 Å². The molecule has 0 saturated heterocycles. The van der Waals surface area contributed by atoms with E-state index in [1.807, 2.05) is 0 Å². The molecule has 1 aromatic rings. The Hall–Kier alpha value is -0.920. The van der Waals surface area contributed by atoms with Crippen LogP contribution in [0.1, 0.15) is 128 Å². The Morgan fingerprint density at radius 1 is 0.828 bits per heavy atom. The summed E-state index contributed by atoms with van der Waals surface area (Å²) in [5.74, 6) is -0.155. The van der Waals surface area contributed by atoms with E-state index in [4.69, 9.17) is 0 Å². The van der Waals surface area contributed by atoms with Gasteiger partial charge in [-0.25, -0.2) is 8.78 Å². The highest BCUT2D eigenvalue weighted by Crippen LogP contribution is 2.45. The van der Waals surface area contributed by atoms with Gasteiger partial charge in [-0.05, 0) is 86.3 Å². The molecule has 0 heterocycles. The number of benzene rings is 1. The number of unbranched alkanes of at least 4 members (excludes halogenated alkanes) is 3. The number of rotatable bonds is 10. The first-order valence-electron chi connectivity index (χ1n) is 12.6. The maximum atomic E-state index is 13.5. The van der Waals surface area contributed by atoms with Gasteiger partial charge in [-0.2, -0.15) is 0 Å². The zero-order valence-corrected chi connectivity index (χ0v) is 18.7. The minimum atomic E-state index is -0.729. The van der Waals surface area contributed by atoms with E-state index < -0.39 is 11.6 Å². The minimum absolute atomic E-state index is 0.422. The fraction of sp³-hybridized carbons (Fsp3) is 0.778. The molecule has 1 aromatic carbocycles. The normalized spacial score (nSPS) is 24.5. The van der Waals surface area contributed by atoms with E-state index in [0.717, 1.165) is 24.3 Å². The maximum absolute atomic E-state index is 13.5. The summed E-state index contributed by atoms with van der Waals surface area (Å²) in [5.41, 5.74) is 1.67. The van der Waals surface area contributed by atoms with Crippen LogP contribution in [0.25, 0.3) is 0 Å². The number of hydrogen-bond donors (Lipinski definition) is 0. The topological polar surface area (TPSA) is 0 Å². The lowest BCUT2D eigenvalue weighted by Crippen LogP contribution is -2.24. The molecule has 164 valence electrons. The van der Waals surface area contributed by atoms with Gasteiger partial charge in [0.25, 0.3) is 0 Å². The van der Waals surface area contributed by atoms with Gasteiger partial charge in [0.2, 0.25) is 0 Å². The molecule has 0 nitrogen and oxygen atoms in total. The molecule has 0 unspecified atom stereocenters. The standard InChI is InChI=1S/C27H42F2/c1-2-3-6-17-27(18-7-4-8-19-27)20-9-5-10-22-11-13-23(14-12-22)24-15-16-25(28)26(29)21-24/h15-16,21-23H,2-14,17-20H2,1H3. The van der Waals surface area contributed by atoms with Crippen LogP contribution < -0.4 is 0 Å². The van der Waals surface area contributed by atoms with Gasteiger partial charge in [0, 0.05) is 0 Å². The third kappa shape index (κ3) is 6.79. The van der Waals surface area contributed by atoms with E-state index >= 15 is 0 Å². The highest BCUT2D eigenvalue weighted by Gasteiger charge is 2.31. The van der Waals surface area contributed by atoms with E-state index in [9.17, 15) is 8.78 Å². The largest absolute Gasteiger partial charge is 0.204 e. The van der Waals surface area contributed by atoms with Crippen LogP contribution in [-0.4, -0.2) is 0 Å². The van der Waals surface area contributed by atoms with Crippen molar-refractivity contribution in [3.8, 4) is 0 Å². The van der Waals surface area contributed by atoms with Crippen LogP contribution in [0.2, 0.25) is 0 Å². The van der Waals surface area contributed by atoms with E-state index in [1.165, 1.54) is 108 Å². The van der Waals surface area contributed by atoms with Gasteiger partial charge in [-0.3, -0.25) is 0 Å². The fourth-order valence-electron chi connectivity index (χ4n) is 6.16. The molecule has 2 heteroatoms. The first-order chi connectivity index (χ1) is 14.1. The monoisotopic (exact) mass is 404 g/mol. The summed E-state index contributed by atoms with van der Waals surface area (Å²) in [6, 6.07) is 4.49. The van der Waals surface area contributed by atoms with Gasteiger partial charge < -0.3 is 0 Å². The summed E-state index contributed by atoms with van der Waals surface area (Å²) in [4.78, 5) is 0. The molecule has 0 aliphatic heterocycles. The van der Waals surface area contributed by atoms with Crippen LogP contribution in [0.3, 0.4) is 0 Å². The first kappa shape index (κ1) is 22.8. The molecule has 29 heavy (non-hydrogen) atoms. The van der Waals surface area contributed by atoms with Crippen molar-refractivity contribution in [1.29, 1.82) is 0 Å². The van der Waals surface area contributed by atoms with Crippen molar-refractivity contribution in [2.75, 3.05) is 0 Å². The van der Waals surface area contributed by atoms with Crippen LogP contribution in [0.5, 0.6) is 0 Å². The third-order valence-corrected chi connectivity index (χ3v) is 8.06. The van der Waals surface area contributed by atoms with Crippen LogP contribution in [0.4, 0.5) is 8.78 Å². The SMILES string of the molecule is CCCCCC1(CCCCC2CCC(c3ccc(F)c(F)c3)CC2)CCCCC1. The van der Waals surface area contributed by atoms with Gasteiger partial charge in [0.05, 0.1) is 0 Å². The smallest absolute Gasteiger partial charge is 0.159 e. The van der Waals surface area contributed by atoms with E-state index in [2.05, 4.69) is 6.92 Å². The fourth-order valence-corrected chi connectivity index (χ4v) is 6.16. The highest BCUT2D eigenvalue weighted by atomic mass is 19.2. The third-order valence-electron chi connectivity index (χ3n) is 8.06. The number of halogens is 2. The Kier molecular flexibility index (Phi) is 9.00. The van der Waals surface area contributed by atoms with Gasteiger partial charge in [0.1, 0.15) is 0 Å². The Morgan fingerprint density at radius 2 is 1.52 bits per heavy atom.